The Hall–Kier alpha value is -3.11. The normalized spacial score (nSPS) is 14.5. The smallest absolute Gasteiger partial charge is 0.251 e. The third-order valence-electron chi connectivity index (χ3n) is 6.23. The first-order valence-electron chi connectivity index (χ1n) is 12.1. The van der Waals surface area contributed by atoms with E-state index in [0.29, 0.717) is 18.7 Å². The van der Waals surface area contributed by atoms with Gasteiger partial charge in [-0.3, -0.25) is 4.79 Å². The van der Waals surface area contributed by atoms with Crippen molar-refractivity contribution in [3.8, 4) is 5.75 Å². The van der Waals surface area contributed by atoms with E-state index in [1.54, 1.807) is 0 Å². The predicted octanol–water partition coefficient (Wildman–Crippen LogP) is 5.21. The number of nitrogens with one attached hydrogen (secondary N) is 2. The number of carbonyl (C=O) groups excluding carboxylic acids is 1. The van der Waals surface area contributed by atoms with Gasteiger partial charge in [0, 0.05) is 25.1 Å². The number of hydrogen-bond acceptors (Lipinski definition) is 3. The first kappa shape index (κ1) is 23.1. The van der Waals surface area contributed by atoms with Crippen LogP contribution in [0.25, 0.3) is 0 Å². The molecule has 0 saturated carbocycles. The molecule has 4 nitrogen and oxygen atoms in total. The van der Waals surface area contributed by atoms with Gasteiger partial charge in [0.2, 0.25) is 0 Å². The molecule has 2 N–H and O–H groups in total. The summed E-state index contributed by atoms with van der Waals surface area (Å²) in [6.07, 6.45) is 4.90. The summed E-state index contributed by atoms with van der Waals surface area (Å²) < 4.78 is 6.14. The number of hydrogen-bond donors (Lipinski definition) is 2. The Bertz CT molecular complexity index is 1080. The Morgan fingerprint density at radius 1 is 0.970 bits per heavy atom. The van der Waals surface area contributed by atoms with Crippen molar-refractivity contribution in [3.05, 3.63) is 100 Å². The van der Waals surface area contributed by atoms with Gasteiger partial charge in [0.05, 0.1) is 6.61 Å². The average molecular weight is 443 g/mol. The third kappa shape index (κ3) is 6.69. The van der Waals surface area contributed by atoms with Gasteiger partial charge in [-0.2, -0.15) is 0 Å². The summed E-state index contributed by atoms with van der Waals surface area (Å²) in [4.78, 5) is 12.9. The highest BCUT2D eigenvalue weighted by molar-refractivity contribution is 5.94. The Balaban J connectivity index is 1.49. The molecule has 0 spiro atoms. The highest BCUT2D eigenvalue weighted by Crippen LogP contribution is 2.25. The van der Waals surface area contributed by atoms with E-state index in [0.717, 1.165) is 56.5 Å². The van der Waals surface area contributed by atoms with Crippen LogP contribution in [-0.4, -0.2) is 25.6 Å². The van der Waals surface area contributed by atoms with E-state index in [4.69, 9.17) is 4.74 Å². The summed E-state index contributed by atoms with van der Waals surface area (Å²) in [5.41, 5.74) is 6.78. The van der Waals surface area contributed by atoms with Gasteiger partial charge in [-0.25, -0.2) is 0 Å². The van der Waals surface area contributed by atoms with E-state index in [1.165, 1.54) is 22.3 Å². The Labute approximate surface area is 197 Å². The van der Waals surface area contributed by atoms with Gasteiger partial charge in [0.25, 0.3) is 5.91 Å². The van der Waals surface area contributed by atoms with Crippen molar-refractivity contribution in [2.45, 2.75) is 45.6 Å². The molecule has 4 heteroatoms. The van der Waals surface area contributed by atoms with Gasteiger partial charge in [-0.15, -0.1) is 0 Å². The van der Waals surface area contributed by atoms with Crippen LogP contribution in [0.2, 0.25) is 0 Å². The van der Waals surface area contributed by atoms with Crippen LogP contribution in [0.5, 0.6) is 5.75 Å². The molecule has 1 amide bonds. The fraction of sp³-hybridized carbons (Fsp3) is 0.345. The van der Waals surface area contributed by atoms with Crippen LogP contribution in [0.3, 0.4) is 0 Å². The minimum atomic E-state index is -0.0382. The van der Waals surface area contributed by atoms with E-state index < -0.39 is 0 Å². The van der Waals surface area contributed by atoms with Crippen LogP contribution >= 0.6 is 0 Å². The topological polar surface area (TPSA) is 50.4 Å². The number of fused-ring (bicyclic) bond motifs is 3. The van der Waals surface area contributed by atoms with Gasteiger partial charge in [0.1, 0.15) is 5.75 Å². The van der Waals surface area contributed by atoms with E-state index in [1.807, 2.05) is 30.3 Å². The molecule has 0 radical (unpaired) electrons. The van der Waals surface area contributed by atoms with Crippen LogP contribution in [-0.2, 0) is 19.4 Å². The maximum Gasteiger partial charge on any atom is 0.251 e. The molecular weight excluding hydrogens is 408 g/mol. The first-order chi connectivity index (χ1) is 16.2. The van der Waals surface area contributed by atoms with Crippen molar-refractivity contribution in [1.29, 1.82) is 0 Å². The number of carbonyl (C=O) groups is 1. The van der Waals surface area contributed by atoms with Crippen molar-refractivity contribution in [3.63, 3.8) is 0 Å². The van der Waals surface area contributed by atoms with Gasteiger partial charge in [-0.05, 0) is 85.2 Å². The maximum absolute atomic E-state index is 12.9. The van der Waals surface area contributed by atoms with Crippen molar-refractivity contribution in [1.82, 2.24) is 10.6 Å². The Kier molecular flexibility index (Phi) is 8.15. The van der Waals surface area contributed by atoms with E-state index >= 15 is 0 Å². The van der Waals surface area contributed by atoms with Gasteiger partial charge in [0.15, 0.2) is 0 Å². The quantitative estimate of drug-likeness (QED) is 0.583. The lowest BCUT2D eigenvalue weighted by Crippen LogP contribution is -2.26. The molecule has 0 atom stereocenters. The largest absolute Gasteiger partial charge is 0.493 e. The molecule has 3 aromatic carbocycles. The second-order valence-electron chi connectivity index (χ2n) is 8.84. The molecule has 0 saturated heterocycles. The molecule has 0 unspecified atom stereocenters. The molecular formula is C29H34N2O2. The molecule has 0 fully saturated rings. The summed E-state index contributed by atoms with van der Waals surface area (Å²) in [7, 11) is 0. The van der Waals surface area contributed by atoms with Gasteiger partial charge in [-0.1, -0.05) is 48.5 Å². The summed E-state index contributed by atoms with van der Waals surface area (Å²) in [5.74, 6) is 0.843. The van der Waals surface area contributed by atoms with Crippen LogP contribution in [0.1, 0.15) is 57.4 Å². The Morgan fingerprint density at radius 3 is 2.76 bits per heavy atom. The first-order valence-corrected chi connectivity index (χ1v) is 12.1. The summed E-state index contributed by atoms with van der Waals surface area (Å²) in [5, 5.41) is 6.62. The van der Waals surface area contributed by atoms with Crippen LogP contribution in [0.4, 0.5) is 0 Å². The van der Waals surface area contributed by atoms with Crippen LogP contribution in [0.15, 0.2) is 66.7 Å². The number of benzene rings is 3. The Morgan fingerprint density at radius 2 is 1.85 bits per heavy atom. The molecule has 172 valence electrons. The van der Waals surface area contributed by atoms with E-state index in [2.05, 4.69) is 54.0 Å². The lowest BCUT2D eigenvalue weighted by Gasteiger charge is -2.15. The molecule has 0 aliphatic carbocycles. The molecule has 0 aromatic heterocycles. The van der Waals surface area contributed by atoms with E-state index in [-0.39, 0.29) is 5.91 Å². The lowest BCUT2D eigenvalue weighted by molar-refractivity contribution is 0.0954. The summed E-state index contributed by atoms with van der Waals surface area (Å²) >= 11 is 0. The van der Waals surface area contributed by atoms with Crippen LogP contribution < -0.4 is 15.4 Å². The molecule has 1 heterocycles. The van der Waals surface area contributed by atoms with Crippen molar-refractivity contribution < 1.29 is 9.53 Å². The minimum Gasteiger partial charge on any atom is -0.493 e. The summed E-state index contributed by atoms with van der Waals surface area (Å²) in [6, 6.07) is 22.8. The summed E-state index contributed by atoms with van der Waals surface area (Å²) in [6.45, 7) is 5.35. The number of amides is 1. The van der Waals surface area contributed by atoms with E-state index in [9.17, 15) is 4.79 Å². The maximum atomic E-state index is 12.9. The third-order valence-corrected chi connectivity index (χ3v) is 6.23. The molecule has 4 rings (SSSR count). The molecule has 1 aliphatic heterocycles. The average Bonchev–Trinajstić information content (AvgIpc) is 2.82. The molecule has 2 bridgehead atoms. The monoisotopic (exact) mass is 442 g/mol. The number of ether oxygens (including phenoxy) is 1. The lowest BCUT2D eigenvalue weighted by atomic mass is 9.99. The predicted molar refractivity (Wildman–Crippen MR) is 134 cm³/mol. The zero-order chi connectivity index (χ0) is 22.9. The number of aryl methyl sites for hydroxylation is 1. The fourth-order valence-electron chi connectivity index (χ4n) is 4.32. The number of rotatable bonds is 4. The SMILES string of the molecule is Cc1ccccc1CCNC(=O)c1ccc2c(c1)Cc1cccc(c1)CNCCCCCO2. The minimum absolute atomic E-state index is 0.0382. The van der Waals surface area contributed by atoms with Crippen LogP contribution in [0, 0.1) is 6.92 Å². The van der Waals surface area contributed by atoms with Gasteiger partial charge < -0.3 is 15.4 Å². The molecule has 1 aliphatic rings. The zero-order valence-electron chi connectivity index (χ0n) is 19.5. The highest BCUT2D eigenvalue weighted by atomic mass is 16.5. The molecule has 3 aromatic rings. The van der Waals surface area contributed by atoms with Gasteiger partial charge >= 0.3 is 0 Å². The second kappa shape index (κ2) is 11.7. The van der Waals surface area contributed by atoms with Crippen molar-refractivity contribution in [2.24, 2.45) is 0 Å². The standard InChI is InChI=1S/C29H34N2O2/c1-22-8-3-4-11-25(22)14-16-31-29(32)26-12-13-28-27(20-26)19-23-9-7-10-24(18-23)21-30-15-5-2-6-17-33-28/h3-4,7-13,18,20,30H,2,5-6,14-17,19,21H2,1H3,(H,31,32). The van der Waals surface area contributed by atoms with Crippen molar-refractivity contribution in [2.75, 3.05) is 19.7 Å². The zero-order valence-corrected chi connectivity index (χ0v) is 19.5. The van der Waals surface area contributed by atoms with Crippen molar-refractivity contribution >= 4 is 5.91 Å². The highest BCUT2D eigenvalue weighted by Gasteiger charge is 2.12. The second-order valence-corrected chi connectivity index (χ2v) is 8.84. The fourth-order valence-corrected chi connectivity index (χ4v) is 4.32. The molecule has 33 heavy (non-hydrogen) atoms.